The second-order valence-electron chi connectivity index (χ2n) is 5.34. The zero-order valence-corrected chi connectivity index (χ0v) is 13.2. The normalized spacial score (nSPS) is 16.5. The van der Waals surface area contributed by atoms with Crippen LogP contribution < -0.4 is 5.32 Å². The molecule has 0 atom stereocenters. The number of benzene rings is 1. The van der Waals surface area contributed by atoms with Gasteiger partial charge in [0, 0.05) is 4.88 Å². The van der Waals surface area contributed by atoms with Crippen molar-refractivity contribution in [3.8, 4) is 0 Å². The Morgan fingerprint density at radius 1 is 1.23 bits per heavy atom. The summed E-state index contributed by atoms with van der Waals surface area (Å²) < 4.78 is 0. The maximum Gasteiger partial charge on any atom is 0.329 e. The van der Waals surface area contributed by atoms with Crippen molar-refractivity contribution >= 4 is 29.4 Å². The van der Waals surface area contributed by atoms with Gasteiger partial charge in [-0.15, -0.1) is 11.3 Å². The maximum atomic E-state index is 12.4. The van der Waals surface area contributed by atoms with Crippen LogP contribution in [0.15, 0.2) is 41.4 Å². The van der Waals surface area contributed by atoms with E-state index >= 15 is 0 Å². The van der Waals surface area contributed by atoms with Gasteiger partial charge in [-0.1, -0.05) is 29.8 Å². The van der Waals surface area contributed by atoms with Crippen LogP contribution in [0.5, 0.6) is 0 Å². The van der Waals surface area contributed by atoms with Gasteiger partial charge in [0.05, 0.1) is 6.54 Å². The van der Waals surface area contributed by atoms with Gasteiger partial charge in [-0.2, -0.15) is 0 Å². The number of nitrogens with zero attached hydrogens (tertiary/aromatic N) is 1. The highest BCUT2D eigenvalue weighted by molar-refractivity contribution is 7.11. The van der Waals surface area contributed by atoms with Gasteiger partial charge in [0.1, 0.15) is 5.70 Å². The second kappa shape index (κ2) is 5.77. The number of hydrogen-bond donors (Lipinski definition) is 1. The molecule has 2 aromatic rings. The number of rotatable bonds is 3. The Balaban J connectivity index is 1.83. The van der Waals surface area contributed by atoms with Crippen molar-refractivity contribution in [2.24, 2.45) is 0 Å². The summed E-state index contributed by atoms with van der Waals surface area (Å²) >= 11 is 1.55. The minimum Gasteiger partial charge on any atom is -0.303 e. The predicted molar refractivity (Wildman–Crippen MR) is 87.3 cm³/mol. The van der Waals surface area contributed by atoms with Gasteiger partial charge < -0.3 is 5.32 Å². The molecule has 0 aliphatic carbocycles. The zero-order chi connectivity index (χ0) is 15.7. The Kier molecular flexibility index (Phi) is 3.81. The third-order valence-corrected chi connectivity index (χ3v) is 4.53. The first-order chi connectivity index (χ1) is 10.5. The molecule has 1 aromatic carbocycles. The largest absolute Gasteiger partial charge is 0.329 e. The van der Waals surface area contributed by atoms with Gasteiger partial charge in [-0.05, 0) is 42.5 Å². The fourth-order valence-electron chi connectivity index (χ4n) is 2.37. The summed E-state index contributed by atoms with van der Waals surface area (Å²) in [5.41, 5.74) is 3.48. The number of hydrogen-bond acceptors (Lipinski definition) is 3. The molecule has 1 aliphatic rings. The smallest absolute Gasteiger partial charge is 0.303 e. The number of carbonyl (C=O) groups excluding carboxylic acids is 2. The average Bonchev–Trinajstić information content (AvgIpc) is 2.98. The Hall–Kier alpha value is -2.40. The van der Waals surface area contributed by atoms with Crippen LogP contribution >= 0.6 is 11.3 Å². The number of carbonyl (C=O) groups is 2. The molecule has 4 nitrogen and oxygen atoms in total. The van der Waals surface area contributed by atoms with Gasteiger partial charge >= 0.3 is 6.03 Å². The molecular formula is C17H16N2O2S. The molecule has 3 amide bonds. The van der Waals surface area contributed by atoms with Crippen molar-refractivity contribution in [3.63, 3.8) is 0 Å². The lowest BCUT2D eigenvalue weighted by Gasteiger charge is -2.12. The Bertz CT molecular complexity index is 776. The Morgan fingerprint density at radius 3 is 2.73 bits per heavy atom. The molecule has 1 N–H and O–H groups in total. The first kappa shape index (κ1) is 14.5. The summed E-state index contributed by atoms with van der Waals surface area (Å²) in [5.74, 6) is -0.278. The third kappa shape index (κ3) is 2.80. The lowest BCUT2D eigenvalue weighted by atomic mass is 10.1. The van der Waals surface area contributed by atoms with Crippen LogP contribution in [0.25, 0.3) is 6.08 Å². The second-order valence-corrected chi connectivity index (χ2v) is 6.28. The van der Waals surface area contributed by atoms with Crippen LogP contribution in [-0.2, 0) is 11.3 Å². The molecule has 1 aromatic heterocycles. The monoisotopic (exact) mass is 312 g/mol. The molecular weight excluding hydrogens is 296 g/mol. The van der Waals surface area contributed by atoms with Crippen LogP contribution in [0, 0.1) is 13.8 Å². The number of imide groups is 1. The zero-order valence-electron chi connectivity index (χ0n) is 12.4. The molecule has 22 heavy (non-hydrogen) atoms. The number of aryl methyl sites for hydroxylation is 2. The summed E-state index contributed by atoms with van der Waals surface area (Å²) in [7, 11) is 0. The lowest BCUT2D eigenvalue weighted by Crippen LogP contribution is -2.30. The quantitative estimate of drug-likeness (QED) is 0.697. The molecule has 0 unspecified atom stereocenters. The highest BCUT2D eigenvalue weighted by Crippen LogP contribution is 2.22. The van der Waals surface area contributed by atoms with E-state index in [0.717, 1.165) is 21.6 Å². The number of urea groups is 1. The molecule has 112 valence electrons. The number of amides is 3. The van der Waals surface area contributed by atoms with Gasteiger partial charge in [0.2, 0.25) is 0 Å². The highest BCUT2D eigenvalue weighted by atomic mass is 32.1. The topological polar surface area (TPSA) is 49.4 Å². The first-order valence-corrected chi connectivity index (χ1v) is 7.87. The summed E-state index contributed by atoms with van der Waals surface area (Å²) in [5, 5.41) is 4.63. The summed E-state index contributed by atoms with van der Waals surface area (Å²) in [6, 6.07) is 9.43. The van der Waals surface area contributed by atoms with E-state index in [0.29, 0.717) is 5.70 Å². The van der Waals surface area contributed by atoms with Crippen molar-refractivity contribution in [1.29, 1.82) is 0 Å². The SMILES string of the molecule is Cc1cccc(CN2C(=O)N/C(=C/c3sccc3C)C2=O)c1. The van der Waals surface area contributed by atoms with Crippen molar-refractivity contribution in [2.45, 2.75) is 20.4 Å². The lowest BCUT2D eigenvalue weighted by molar-refractivity contribution is -0.123. The van der Waals surface area contributed by atoms with E-state index in [1.165, 1.54) is 4.90 Å². The van der Waals surface area contributed by atoms with Crippen LogP contribution in [0.3, 0.4) is 0 Å². The number of nitrogens with one attached hydrogen (secondary N) is 1. The van der Waals surface area contributed by atoms with Crippen LogP contribution in [0.4, 0.5) is 4.79 Å². The maximum absolute atomic E-state index is 12.4. The molecule has 0 saturated carbocycles. The summed E-state index contributed by atoms with van der Waals surface area (Å²) in [6.07, 6.45) is 1.75. The molecule has 3 rings (SSSR count). The molecule has 2 heterocycles. The van der Waals surface area contributed by atoms with E-state index in [1.807, 2.05) is 49.6 Å². The Morgan fingerprint density at radius 2 is 2.05 bits per heavy atom. The fourth-order valence-corrected chi connectivity index (χ4v) is 3.23. The minimum absolute atomic E-state index is 0.278. The van der Waals surface area contributed by atoms with Crippen LogP contribution in [-0.4, -0.2) is 16.8 Å². The van der Waals surface area contributed by atoms with Gasteiger partial charge in [-0.25, -0.2) is 4.79 Å². The Labute approximate surface area is 133 Å². The highest BCUT2D eigenvalue weighted by Gasteiger charge is 2.33. The summed E-state index contributed by atoms with van der Waals surface area (Å²) in [6.45, 7) is 4.25. The third-order valence-electron chi connectivity index (χ3n) is 3.56. The van der Waals surface area contributed by atoms with Crippen molar-refractivity contribution in [1.82, 2.24) is 10.2 Å². The molecule has 1 aliphatic heterocycles. The molecule has 0 spiro atoms. The standard InChI is InChI=1S/C17H16N2O2S/c1-11-4-3-5-13(8-11)10-19-16(20)14(18-17(19)21)9-15-12(2)6-7-22-15/h3-9H,10H2,1-2H3,(H,18,21)/b14-9+. The van der Waals surface area contributed by atoms with E-state index in [4.69, 9.17) is 0 Å². The van der Waals surface area contributed by atoms with E-state index in [2.05, 4.69) is 5.32 Å². The van der Waals surface area contributed by atoms with Gasteiger partial charge in [0.15, 0.2) is 0 Å². The first-order valence-electron chi connectivity index (χ1n) is 6.99. The van der Waals surface area contributed by atoms with E-state index in [-0.39, 0.29) is 18.5 Å². The van der Waals surface area contributed by atoms with E-state index < -0.39 is 0 Å². The molecule has 5 heteroatoms. The molecule has 1 fully saturated rings. The minimum atomic E-state index is -0.369. The van der Waals surface area contributed by atoms with Crippen molar-refractivity contribution < 1.29 is 9.59 Å². The van der Waals surface area contributed by atoms with E-state index in [1.54, 1.807) is 17.4 Å². The number of thiophene rings is 1. The fraction of sp³-hybridized carbons (Fsp3) is 0.176. The molecule has 1 saturated heterocycles. The predicted octanol–water partition coefficient (Wildman–Crippen LogP) is 3.46. The van der Waals surface area contributed by atoms with Gasteiger partial charge in [-0.3, -0.25) is 9.69 Å². The van der Waals surface area contributed by atoms with Crippen LogP contribution in [0.2, 0.25) is 0 Å². The molecule has 0 bridgehead atoms. The summed E-state index contributed by atoms with van der Waals surface area (Å²) in [4.78, 5) is 26.7. The van der Waals surface area contributed by atoms with Crippen LogP contribution in [0.1, 0.15) is 21.6 Å². The van der Waals surface area contributed by atoms with E-state index in [9.17, 15) is 9.59 Å². The van der Waals surface area contributed by atoms with Gasteiger partial charge in [0.25, 0.3) is 5.91 Å². The van der Waals surface area contributed by atoms with Crippen molar-refractivity contribution in [2.75, 3.05) is 0 Å². The van der Waals surface area contributed by atoms with Crippen molar-refractivity contribution in [3.05, 3.63) is 63.0 Å². The average molecular weight is 312 g/mol. The molecule has 0 radical (unpaired) electrons.